The summed E-state index contributed by atoms with van der Waals surface area (Å²) in [6.07, 6.45) is 2.21. The summed E-state index contributed by atoms with van der Waals surface area (Å²) in [7, 11) is -2.09. The lowest BCUT2D eigenvalue weighted by atomic mass is 10.1. The molecule has 0 bridgehead atoms. The fraction of sp³-hybridized carbons (Fsp3) is 0.400. The molecule has 1 aromatic carbocycles. The molecule has 1 atom stereocenters. The molecule has 2 aliphatic heterocycles. The van der Waals surface area contributed by atoms with Gasteiger partial charge in [0.2, 0.25) is 0 Å². The molecule has 0 amide bonds. The van der Waals surface area contributed by atoms with E-state index in [2.05, 4.69) is 45.5 Å². The second-order valence-electron chi connectivity index (χ2n) is 4.02. The summed E-state index contributed by atoms with van der Waals surface area (Å²) in [5.41, 5.74) is 2.40. The minimum Gasteiger partial charge on any atom is -0.326 e. The van der Waals surface area contributed by atoms with Crippen molar-refractivity contribution in [2.24, 2.45) is 0 Å². The first kappa shape index (κ1) is 9.15. The number of hydrogen-bond donors (Lipinski definition) is 2. The molecule has 0 spiro atoms. The number of fused-ring (bicyclic) bond motifs is 3. The van der Waals surface area contributed by atoms with Gasteiger partial charge in [0, 0.05) is 15.0 Å². The molecule has 1 N–H and O–H groups in total. The van der Waals surface area contributed by atoms with E-state index < -0.39 is 10.1 Å². The summed E-state index contributed by atoms with van der Waals surface area (Å²) in [6.45, 7) is 0. The summed E-state index contributed by atoms with van der Waals surface area (Å²) >= 11 is 2.31. The highest BCUT2D eigenvalue weighted by Crippen LogP contribution is 2.48. The van der Waals surface area contributed by atoms with Crippen LogP contribution in [-0.4, -0.2) is 9.96 Å². The summed E-state index contributed by atoms with van der Waals surface area (Å²) in [5, 5.41) is 0.312. The molecule has 0 saturated carbocycles. The average Bonchev–Trinajstić information content (AvgIpc) is 2.60. The molecule has 1 fully saturated rings. The fourth-order valence-electron chi connectivity index (χ4n) is 2.51. The Balaban J connectivity index is 2.17. The number of anilines is 1. The topological polar surface area (TPSA) is 29.1 Å². The molecule has 0 radical (unpaired) electrons. The van der Waals surface area contributed by atoms with Gasteiger partial charge in [0.1, 0.15) is 0 Å². The zero-order valence-corrected chi connectivity index (χ0v) is 10.7. The van der Waals surface area contributed by atoms with Crippen molar-refractivity contribution in [2.75, 3.05) is 10.5 Å². The van der Waals surface area contributed by atoms with Crippen LogP contribution in [-0.2, 0) is 10.1 Å². The van der Waals surface area contributed by atoms with Gasteiger partial charge in [-0.05, 0) is 69.3 Å². The monoisotopic (exact) mass is 321 g/mol. The van der Waals surface area contributed by atoms with Crippen LogP contribution in [0.2, 0.25) is 0 Å². The van der Waals surface area contributed by atoms with Crippen LogP contribution in [0.5, 0.6) is 0 Å². The molecule has 0 aromatic heterocycles. The Kier molecular flexibility index (Phi) is 1.93. The minimum absolute atomic E-state index is 0.312. The second-order valence-corrected chi connectivity index (χ2v) is 8.15. The summed E-state index contributed by atoms with van der Waals surface area (Å²) < 4.78 is 16.9. The molecule has 14 heavy (non-hydrogen) atoms. The van der Waals surface area contributed by atoms with E-state index in [0.29, 0.717) is 5.25 Å². The maximum absolute atomic E-state index is 12.4. The van der Waals surface area contributed by atoms with Crippen molar-refractivity contribution >= 4 is 38.4 Å². The number of hydrogen-bond acceptors (Lipinski definition) is 1. The molecule has 2 aliphatic rings. The van der Waals surface area contributed by atoms with Crippen LogP contribution in [0.4, 0.5) is 5.69 Å². The quantitative estimate of drug-likeness (QED) is 0.558. The van der Waals surface area contributed by atoms with Crippen molar-refractivity contribution in [1.29, 1.82) is 0 Å². The Morgan fingerprint density at radius 2 is 2.36 bits per heavy atom. The SMILES string of the molecule is O=[SH]12CCCC1c1cc(I)ccc1N2. The third kappa shape index (κ3) is 1.16. The Labute approximate surface area is 98.2 Å². The Bertz CT molecular complexity index is 446. The largest absolute Gasteiger partial charge is 0.326 e. The van der Waals surface area contributed by atoms with Crippen molar-refractivity contribution in [3.63, 3.8) is 0 Å². The highest BCUT2D eigenvalue weighted by atomic mass is 127. The van der Waals surface area contributed by atoms with Crippen LogP contribution in [0, 0.1) is 3.57 Å². The van der Waals surface area contributed by atoms with Gasteiger partial charge in [-0.15, -0.1) is 0 Å². The average molecular weight is 321 g/mol. The van der Waals surface area contributed by atoms with Gasteiger partial charge < -0.3 is 4.72 Å². The number of benzene rings is 1. The van der Waals surface area contributed by atoms with Crippen LogP contribution in [0.3, 0.4) is 0 Å². The lowest BCUT2D eigenvalue weighted by Gasteiger charge is -2.17. The normalized spacial score (nSPS) is 29.1. The van der Waals surface area contributed by atoms with Crippen molar-refractivity contribution < 1.29 is 4.21 Å². The van der Waals surface area contributed by atoms with Crippen LogP contribution in [0.25, 0.3) is 0 Å². The first-order valence-corrected chi connectivity index (χ1v) is 7.89. The number of halogens is 1. The van der Waals surface area contributed by atoms with E-state index in [-0.39, 0.29) is 0 Å². The van der Waals surface area contributed by atoms with E-state index in [0.717, 1.165) is 24.3 Å². The van der Waals surface area contributed by atoms with E-state index in [1.54, 1.807) is 0 Å². The fourth-order valence-corrected chi connectivity index (χ4v) is 6.13. The molecule has 2 heterocycles. The van der Waals surface area contributed by atoms with Crippen LogP contribution >= 0.6 is 22.6 Å². The van der Waals surface area contributed by atoms with Gasteiger partial charge in [-0.1, -0.05) is 0 Å². The molecular formula is C10H12INOS. The maximum atomic E-state index is 12.4. The van der Waals surface area contributed by atoms with Crippen molar-refractivity contribution in [3.05, 3.63) is 27.3 Å². The van der Waals surface area contributed by atoms with Crippen molar-refractivity contribution in [1.82, 2.24) is 0 Å². The smallest absolute Gasteiger partial charge is 0.0553 e. The number of rotatable bonds is 0. The Hall–Kier alpha value is -0.100. The predicted molar refractivity (Wildman–Crippen MR) is 69.2 cm³/mol. The lowest BCUT2D eigenvalue weighted by molar-refractivity contribution is 0.672. The van der Waals surface area contributed by atoms with Gasteiger partial charge in [-0.25, -0.2) is 0 Å². The van der Waals surface area contributed by atoms with Gasteiger partial charge in [0.25, 0.3) is 0 Å². The minimum atomic E-state index is -2.09. The van der Waals surface area contributed by atoms with Crippen molar-refractivity contribution in [3.8, 4) is 0 Å². The van der Waals surface area contributed by atoms with Crippen molar-refractivity contribution in [2.45, 2.75) is 18.1 Å². The van der Waals surface area contributed by atoms with Gasteiger partial charge in [-0.2, -0.15) is 0 Å². The molecular weight excluding hydrogens is 309 g/mol. The summed E-state index contributed by atoms with van der Waals surface area (Å²) in [6, 6.07) is 6.31. The Morgan fingerprint density at radius 3 is 3.21 bits per heavy atom. The standard InChI is InChI=1S/C10H12INOS/c11-7-3-4-9-8(6-7)10-2-1-5-14(10,13)12-9/h3-4,6,10,14H,1-2,5H2,(H,12,13). The van der Waals surface area contributed by atoms with Crippen LogP contribution in [0.1, 0.15) is 23.7 Å². The summed E-state index contributed by atoms with van der Waals surface area (Å²) in [4.78, 5) is 0. The third-order valence-electron chi connectivity index (χ3n) is 3.15. The molecule has 1 aromatic rings. The molecule has 3 rings (SSSR count). The predicted octanol–water partition coefficient (Wildman–Crippen LogP) is 2.48. The summed E-state index contributed by atoms with van der Waals surface area (Å²) in [5.74, 6) is 0.878. The van der Waals surface area contributed by atoms with Crippen LogP contribution in [0.15, 0.2) is 18.2 Å². The molecule has 1 saturated heterocycles. The highest BCUT2D eigenvalue weighted by Gasteiger charge is 2.40. The zero-order valence-electron chi connectivity index (χ0n) is 7.66. The van der Waals surface area contributed by atoms with Gasteiger partial charge >= 0.3 is 0 Å². The molecule has 4 heteroatoms. The first-order valence-electron chi connectivity index (χ1n) is 4.85. The maximum Gasteiger partial charge on any atom is 0.0553 e. The van der Waals surface area contributed by atoms with E-state index >= 15 is 0 Å². The zero-order chi connectivity index (χ0) is 9.76. The van der Waals surface area contributed by atoms with Gasteiger partial charge in [0.05, 0.1) is 5.25 Å². The van der Waals surface area contributed by atoms with E-state index in [1.165, 1.54) is 9.13 Å². The van der Waals surface area contributed by atoms with E-state index in [9.17, 15) is 4.21 Å². The number of thiol groups is 1. The molecule has 2 nitrogen and oxygen atoms in total. The molecule has 0 aliphatic carbocycles. The number of nitrogens with one attached hydrogen (secondary N) is 1. The van der Waals surface area contributed by atoms with Crippen LogP contribution < -0.4 is 4.72 Å². The van der Waals surface area contributed by atoms with E-state index in [4.69, 9.17) is 0 Å². The third-order valence-corrected chi connectivity index (χ3v) is 6.97. The lowest BCUT2D eigenvalue weighted by Crippen LogP contribution is -2.20. The second kappa shape index (κ2) is 2.95. The van der Waals surface area contributed by atoms with Gasteiger partial charge in [-0.3, -0.25) is 4.21 Å². The molecule has 76 valence electrons. The highest BCUT2D eigenvalue weighted by molar-refractivity contribution is 14.1. The van der Waals surface area contributed by atoms with Gasteiger partial charge in [0.15, 0.2) is 0 Å². The molecule has 1 unspecified atom stereocenters. The Morgan fingerprint density at radius 1 is 1.50 bits per heavy atom. The first-order chi connectivity index (χ1) is 6.69. The van der Waals surface area contributed by atoms with E-state index in [1.807, 2.05) is 0 Å².